The van der Waals surface area contributed by atoms with Crippen molar-refractivity contribution in [1.29, 1.82) is 5.26 Å². The molecule has 2 aromatic rings. The van der Waals surface area contributed by atoms with E-state index in [-0.39, 0.29) is 30.5 Å². The standard InChI is InChI=1S/C21H23ClN4O3/c1-14(2)21(12-23,26-20(28)17-6-4-5-9-24-17)13-25-19(27)11-15-10-16(22)7-8-18(15)29-3/h4-10,14H,11,13H2,1-3H3,(H,25,27)(H,26,28). The van der Waals surface area contributed by atoms with E-state index in [0.717, 1.165) is 0 Å². The zero-order valence-corrected chi connectivity index (χ0v) is 17.3. The number of nitrogens with zero attached hydrogens (tertiary/aromatic N) is 2. The van der Waals surface area contributed by atoms with Crippen LogP contribution in [-0.4, -0.2) is 36.0 Å². The van der Waals surface area contributed by atoms with E-state index in [1.54, 1.807) is 50.2 Å². The lowest BCUT2D eigenvalue weighted by molar-refractivity contribution is -0.120. The third kappa shape index (κ3) is 5.69. The van der Waals surface area contributed by atoms with Gasteiger partial charge in [-0.3, -0.25) is 14.6 Å². The van der Waals surface area contributed by atoms with E-state index >= 15 is 0 Å². The van der Waals surface area contributed by atoms with Crippen molar-refractivity contribution in [1.82, 2.24) is 15.6 Å². The zero-order chi connectivity index (χ0) is 21.4. The summed E-state index contributed by atoms with van der Waals surface area (Å²) in [5.74, 6) is -0.519. The Labute approximate surface area is 175 Å². The predicted octanol–water partition coefficient (Wildman–Crippen LogP) is 2.75. The first-order valence-corrected chi connectivity index (χ1v) is 9.43. The molecule has 0 saturated carbocycles. The van der Waals surface area contributed by atoms with Crippen molar-refractivity contribution < 1.29 is 14.3 Å². The second-order valence-electron chi connectivity index (χ2n) is 6.82. The van der Waals surface area contributed by atoms with Gasteiger partial charge in [0, 0.05) is 16.8 Å². The molecule has 0 spiro atoms. The summed E-state index contributed by atoms with van der Waals surface area (Å²) in [4.78, 5) is 29.0. The molecule has 2 N–H and O–H groups in total. The van der Waals surface area contributed by atoms with E-state index in [9.17, 15) is 14.9 Å². The van der Waals surface area contributed by atoms with Crippen LogP contribution in [0.25, 0.3) is 0 Å². The van der Waals surface area contributed by atoms with Crippen LogP contribution in [0.15, 0.2) is 42.6 Å². The Balaban J connectivity index is 2.11. The Hall–Kier alpha value is -3.11. The number of pyridine rings is 1. The minimum absolute atomic E-state index is 0.0253. The number of benzene rings is 1. The summed E-state index contributed by atoms with van der Waals surface area (Å²) in [6.07, 6.45) is 1.52. The van der Waals surface area contributed by atoms with E-state index in [1.807, 2.05) is 0 Å². The van der Waals surface area contributed by atoms with Crippen LogP contribution in [0.4, 0.5) is 0 Å². The molecule has 1 atom stereocenters. The van der Waals surface area contributed by atoms with Crippen molar-refractivity contribution in [3.63, 3.8) is 0 Å². The number of methoxy groups -OCH3 is 1. The molecule has 0 fully saturated rings. The van der Waals surface area contributed by atoms with E-state index in [2.05, 4.69) is 21.7 Å². The average molecular weight is 415 g/mol. The van der Waals surface area contributed by atoms with Crippen LogP contribution in [0.3, 0.4) is 0 Å². The van der Waals surface area contributed by atoms with Gasteiger partial charge in [-0.05, 0) is 36.2 Å². The molecule has 0 aliphatic heterocycles. The number of carbonyl (C=O) groups excluding carboxylic acids is 2. The number of aromatic nitrogens is 1. The summed E-state index contributed by atoms with van der Waals surface area (Å²) in [7, 11) is 1.51. The molecule has 1 aromatic heterocycles. The fourth-order valence-corrected chi connectivity index (χ4v) is 2.91. The third-order valence-corrected chi connectivity index (χ3v) is 4.81. The minimum atomic E-state index is -1.29. The highest BCUT2D eigenvalue weighted by Crippen LogP contribution is 2.23. The van der Waals surface area contributed by atoms with Crippen LogP contribution in [0, 0.1) is 17.2 Å². The summed E-state index contributed by atoms with van der Waals surface area (Å²) >= 11 is 6.00. The van der Waals surface area contributed by atoms with Crippen molar-refractivity contribution >= 4 is 23.4 Å². The number of nitriles is 1. The van der Waals surface area contributed by atoms with Crippen LogP contribution in [0.1, 0.15) is 29.9 Å². The maximum atomic E-state index is 12.5. The monoisotopic (exact) mass is 414 g/mol. The van der Waals surface area contributed by atoms with Gasteiger partial charge in [0.2, 0.25) is 5.91 Å². The molecule has 2 amide bonds. The summed E-state index contributed by atoms with van der Waals surface area (Å²) < 4.78 is 5.25. The Kier molecular flexibility index (Phi) is 7.57. The topological polar surface area (TPSA) is 104 Å². The molecule has 1 heterocycles. The minimum Gasteiger partial charge on any atom is -0.496 e. The summed E-state index contributed by atoms with van der Waals surface area (Å²) in [6.45, 7) is 3.55. The van der Waals surface area contributed by atoms with Gasteiger partial charge in [-0.2, -0.15) is 5.26 Å². The number of ether oxygens (including phenoxy) is 1. The number of carbonyl (C=O) groups is 2. The molecule has 2 rings (SSSR count). The number of hydrogen-bond donors (Lipinski definition) is 2. The lowest BCUT2D eigenvalue weighted by Crippen LogP contribution is -2.58. The predicted molar refractivity (Wildman–Crippen MR) is 110 cm³/mol. The first-order valence-electron chi connectivity index (χ1n) is 9.05. The smallest absolute Gasteiger partial charge is 0.271 e. The van der Waals surface area contributed by atoms with E-state index < -0.39 is 11.4 Å². The molecule has 0 radical (unpaired) electrons. The Bertz CT molecular complexity index is 912. The molecule has 8 heteroatoms. The van der Waals surface area contributed by atoms with Crippen LogP contribution in [0.5, 0.6) is 5.75 Å². The molecule has 0 aliphatic carbocycles. The second kappa shape index (κ2) is 9.89. The van der Waals surface area contributed by atoms with Crippen LogP contribution in [-0.2, 0) is 11.2 Å². The van der Waals surface area contributed by atoms with Crippen LogP contribution < -0.4 is 15.4 Å². The lowest BCUT2D eigenvalue weighted by atomic mass is 9.87. The molecule has 7 nitrogen and oxygen atoms in total. The van der Waals surface area contributed by atoms with Gasteiger partial charge in [-0.15, -0.1) is 0 Å². The van der Waals surface area contributed by atoms with Gasteiger partial charge in [-0.25, -0.2) is 0 Å². The van der Waals surface area contributed by atoms with Gasteiger partial charge in [0.05, 0.1) is 26.1 Å². The van der Waals surface area contributed by atoms with Gasteiger partial charge >= 0.3 is 0 Å². The summed E-state index contributed by atoms with van der Waals surface area (Å²) in [5, 5.41) is 15.7. The molecular weight excluding hydrogens is 392 g/mol. The van der Waals surface area contributed by atoms with Crippen molar-refractivity contribution in [2.24, 2.45) is 5.92 Å². The maximum Gasteiger partial charge on any atom is 0.271 e. The fourth-order valence-electron chi connectivity index (χ4n) is 2.71. The summed E-state index contributed by atoms with van der Waals surface area (Å²) in [5.41, 5.74) is -0.465. The number of nitrogens with one attached hydrogen (secondary N) is 2. The fraction of sp³-hybridized carbons (Fsp3) is 0.333. The average Bonchev–Trinajstić information content (AvgIpc) is 2.71. The van der Waals surface area contributed by atoms with Gasteiger partial charge in [0.1, 0.15) is 17.0 Å². The number of amides is 2. The number of rotatable bonds is 8. The molecule has 29 heavy (non-hydrogen) atoms. The zero-order valence-electron chi connectivity index (χ0n) is 16.5. The molecule has 1 aromatic carbocycles. The first-order chi connectivity index (χ1) is 13.8. The molecular formula is C21H23ClN4O3. The molecule has 152 valence electrons. The van der Waals surface area contributed by atoms with Crippen molar-refractivity contribution in [3.05, 3.63) is 58.9 Å². The van der Waals surface area contributed by atoms with E-state index in [0.29, 0.717) is 16.3 Å². The summed E-state index contributed by atoms with van der Waals surface area (Å²) in [6, 6.07) is 12.1. The van der Waals surface area contributed by atoms with Gasteiger partial charge in [0.15, 0.2) is 0 Å². The normalized spacial score (nSPS) is 12.6. The highest BCUT2D eigenvalue weighted by atomic mass is 35.5. The number of hydrogen-bond acceptors (Lipinski definition) is 5. The molecule has 0 aliphatic rings. The largest absolute Gasteiger partial charge is 0.496 e. The van der Waals surface area contributed by atoms with Crippen LogP contribution in [0.2, 0.25) is 5.02 Å². The van der Waals surface area contributed by atoms with Crippen molar-refractivity contribution in [2.75, 3.05) is 13.7 Å². The van der Waals surface area contributed by atoms with Crippen molar-refractivity contribution in [3.8, 4) is 11.8 Å². The third-order valence-electron chi connectivity index (χ3n) is 4.58. The first kappa shape index (κ1) is 22.2. The second-order valence-corrected chi connectivity index (χ2v) is 7.25. The highest BCUT2D eigenvalue weighted by molar-refractivity contribution is 6.30. The quantitative estimate of drug-likeness (QED) is 0.691. The van der Waals surface area contributed by atoms with Gasteiger partial charge in [-0.1, -0.05) is 31.5 Å². The van der Waals surface area contributed by atoms with Crippen molar-refractivity contribution in [2.45, 2.75) is 25.8 Å². The number of halogens is 1. The highest BCUT2D eigenvalue weighted by Gasteiger charge is 2.36. The molecule has 0 bridgehead atoms. The van der Waals surface area contributed by atoms with Gasteiger partial charge < -0.3 is 15.4 Å². The lowest BCUT2D eigenvalue weighted by Gasteiger charge is -2.31. The van der Waals surface area contributed by atoms with Crippen LogP contribution >= 0.6 is 11.6 Å². The SMILES string of the molecule is COc1ccc(Cl)cc1CC(=O)NCC(C#N)(NC(=O)c1ccccn1)C(C)C. The Morgan fingerprint density at radius 3 is 2.66 bits per heavy atom. The van der Waals surface area contributed by atoms with E-state index in [4.69, 9.17) is 16.3 Å². The molecule has 1 unspecified atom stereocenters. The van der Waals surface area contributed by atoms with E-state index in [1.165, 1.54) is 13.3 Å². The Morgan fingerprint density at radius 2 is 2.07 bits per heavy atom. The Morgan fingerprint density at radius 1 is 1.31 bits per heavy atom. The van der Waals surface area contributed by atoms with Gasteiger partial charge in [0.25, 0.3) is 5.91 Å². The maximum absolute atomic E-state index is 12.5. The molecule has 0 saturated heterocycles.